The van der Waals surface area contributed by atoms with Gasteiger partial charge in [0.25, 0.3) is 5.69 Å². The lowest BCUT2D eigenvalue weighted by molar-refractivity contribution is -0.384. The molecule has 2 rings (SSSR count). The van der Waals surface area contributed by atoms with Crippen molar-refractivity contribution in [3.63, 3.8) is 0 Å². The molecule has 20 heavy (non-hydrogen) atoms. The van der Waals surface area contributed by atoms with Crippen LogP contribution in [0, 0.1) is 17.0 Å². The average Bonchev–Trinajstić information content (AvgIpc) is 2.42. The van der Waals surface area contributed by atoms with Gasteiger partial charge in [0, 0.05) is 12.6 Å². The van der Waals surface area contributed by atoms with E-state index in [1.165, 1.54) is 17.7 Å². The normalized spacial score (nSPS) is 10.3. The van der Waals surface area contributed by atoms with Crippen molar-refractivity contribution in [1.82, 2.24) is 5.32 Å². The first-order chi connectivity index (χ1) is 9.60. The number of nitrogens with zero attached hydrogens (tertiary/aromatic N) is 1. The summed E-state index contributed by atoms with van der Waals surface area (Å²) in [5, 5.41) is 13.8. The predicted octanol–water partition coefficient (Wildman–Crippen LogP) is 3.41. The molecule has 0 heterocycles. The molecule has 0 aliphatic heterocycles. The average molecular weight is 272 g/mol. The second-order valence-corrected chi connectivity index (χ2v) is 4.48. The van der Waals surface area contributed by atoms with Gasteiger partial charge in [-0.2, -0.15) is 0 Å². The Labute approximate surface area is 117 Å². The minimum absolute atomic E-state index is 0.0195. The highest BCUT2D eigenvalue weighted by atomic mass is 16.6. The molecule has 5 nitrogen and oxygen atoms in total. The minimum Gasteiger partial charge on any atom is -0.457 e. The lowest BCUT2D eigenvalue weighted by Crippen LogP contribution is -2.06. The number of aryl methyl sites for hydroxylation is 1. The predicted molar refractivity (Wildman–Crippen MR) is 77.1 cm³/mol. The van der Waals surface area contributed by atoms with Gasteiger partial charge < -0.3 is 10.1 Å². The number of hydrogen-bond donors (Lipinski definition) is 1. The summed E-state index contributed by atoms with van der Waals surface area (Å²) in [6.45, 7) is 2.80. The Morgan fingerprint density at radius 1 is 1.20 bits per heavy atom. The molecular formula is C15H16N2O3. The Balaban J connectivity index is 2.19. The Morgan fingerprint density at radius 3 is 2.60 bits per heavy atom. The zero-order valence-electron chi connectivity index (χ0n) is 11.4. The molecule has 0 amide bonds. The van der Waals surface area contributed by atoms with E-state index in [-0.39, 0.29) is 5.69 Å². The molecule has 0 aliphatic carbocycles. The van der Waals surface area contributed by atoms with Crippen LogP contribution in [0.1, 0.15) is 11.1 Å². The van der Waals surface area contributed by atoms with Gasteiger partial charge in [0.05, 0.1) is 11.0 Å². The molecule has 0 saturated carbocycles. The van der Waals surface area contributed by atoms with Crippen molar-refractivity contribution in [3.05, 3.63) is 63.7 Å². The smallest absolute Gasteiger partial charge is 0.273 e. The van der Waals surface area contributed by atoms with Crippen molar-refractivity contribution in [3.8, 4) is 11.5 Å². The molecule has 0 aromatic heterocycles. The Hall–Kier alpha value is -2.40. The number of nitrogens with one attached hydrogen (secondary N) is 1. The number of rotatable bonds is 5. The molecule has 0 unspecified atom stereocenters. The van der Waals surface area contributed by atoms with Crippen LogP contribution in [0.15, 0.2) is 42.5 Å². The summed E-state index contributed by atoms with van der Waals surface area (Å²) in [5.41, 5.74) is 2.33. The zero-order valence-corrected chi connectivity index (χ0v) is 11.4. The highest BCUT2D eigenvalue weighted by Gasteiger charge is 2.07. The van der Waals surface area contributed by atoms with Gasteiger partial charge in [-0.3, -0.25) is 10.1 Å². The summed E-state index contributed by atoms with van der Waals surface area (Å²) >= 11 is 0. The summed E-state index contributed by atoms with van der Waals surface area (Å²) in [4.78, 5) is 10.3. The van der Waals surface area contributed by atoms with E-state index in [1.807, 2.05) is 32.2 Å². The molecule has 0 bridgehead atoms. The SMILES string of the molecule is CNCc1ccc(Oc2cccc([N+](=O)[O-])c2)cc1C. The second kappa shape index (κ2) is 6.16. The van der Waals surface area contributed by atoms with Gasteiger partial charge in [-0.25, -0.2) is 0 Å². The van der Waals surface area contributed by atoms with Crippen LogP contribution in [-0.4, -0.2) is 12.0 Å². The van der Waals surface area contributed by atoms with Gasteiger partial charge in [-0.05, 0) is 43.3 Å². The number of nitro benzene ring substituents is 1. The number of nitro groups is 1. The third kappa shape index (κ3) is 3.33. The number of benzene rings is 2. The van der Waals surface area contributed by atoms with E-state index in [0.29, 0.717) is 11.5 Å². The van der Waals surface area contributed by atoms with Crippen LogP contribution in [0.2, 0.25) is 0 Å². The maximum Gasteiger partial charge on any atom is 0.273 e. The molecule has 0 radical (unpaired) electrons. The van der Waals surface area contributed by atoms with E-state index >= 15 is 0 Å². The third-order valence-electron chi connectivity index (χ3n) is 2.95. The Kier molecular flexibility index (Phi) is 4.32. The molecule has 2 aromatic carbocycles. The molecule has 5 heteroatoms. The van der Waals surface area contributed by atoms with Crippen LogP contribution in [0.25, 0.3) is 0 Å². The molecule has 0 saturated heterocycles. The summed E-state index contributed by atoms with van der Waals surface area (Å²) in [7, 11) is 1.90. The van der Waals surface area contributed by atoms with Crippen molar-refractivity contribution in [2.75, 3.05) is 7.05 Å². The maximum atomic E-state index is 10.7. The molecule has 0 atom stereocenters. The molecule has 2 aromatic rings. The Morgan fingerprint density at radius 2 is 1.95 bits per heavy atom. The summed E-state index contributed by atoms with van der Waals surface area (Å²) < 4.78 is 5.66. The lowest BCUT2D eigenvalue weighted by Gasteiger charge is -2.09. The third-order valence-corrected chi connectivity index (χ3v) is 2.95. The van der Waals surface area contributed by atoms with Gasteiger partial charge in [0.15, 0.2) is 0 Å². The van der Waals surface area contributed by atoms with E-state index in [9.17, 15) is 10.1 Å². The van der Waals surface area contributed by atoms with Crippen molar-refractivity contribution >= 4 is 5.69 Å². The summed E-state index contributed by atoms with van der Waals surface area (Å²) in [5.74, 6) is 1.13. The van der Waals surface area contributed by atoms with Crippen molar-refractivity contribution in [2.24, 2.45) is 0 Å². The second-order valence-electron chi connectivity index (χ2n) is 4.48. The van der Waals surface area contributed by atoms with Gasteiger partial charge in [0.1, 0.15) is 11.5 Å². The van der Waals surface area contributed by atoms with Gasteiger partial charge >= 0.3 is 0 Å². The van der Waals surface area contributed by atoms with Gasteiger partial charge in [0.2, 0.25) is 0 Å². The first-order valence-corrected chi connectivity index (χ1v) is 6.26. The van der Waals surface area contributed by atoms with E-state index in [2.05, 4.69) is 5.32 Å². The van der Waals surface area contributed by atoms with Gasteiger partial charge in [-0.15, -0.1) is 0 Å². The summed E-state index contributed by atoms with van der Waals surface area (Å²) in [6.07, 6.45) is 0. The van der Waals surface area contributed by atoms with E-state index in [1.54, 1.807) is 12.1 Å². The number of ether oxygens (including phenoxy) is 1. The standard InChI is InChI=1S/C15H16N2O3/c1-11-8-15(7-6-12(11)10-16-2)20-14-5-3-4-13(9-14)17(18)19/h3-9,16H,10H2,1-2H3. The van der Waals surface area contributed by atoms with E-state index < -0.39 is 4.92 Å². The minimum atomic E-state index is -0.436. The monoisotopic (exact) mass is 272 g/mol. The highest BCUT2D eigenvalue weighted by Crippen LogP contribution is 2.26. The van der Waals surface area contributed by atoms with Crippen LogP contribution in [-0.2, 0) is 6.54 Å². The van der Waals surface area contributed by atoms with Crippen LogP contribution in [0.3, 0.4) is 0 Å². The molecular weight excluding hydrogens is 256 g/mol. The molecule has 0 fully saturated rings. The molecule has 1 N–H and O–H groups in total. The maximum absolute atomic E-state index is 10.7. The van der Waals surface area contributed by atoms with E-state index in [0.717, 1.165) is 12.1 Å². The Bertz CT molecular complexity index is 626. The molecule has 0 aliphatic rings. The number of hydrogen-bond acceptors (Lipinski definition) is 4. The van der Waals surface area contributed by atoms with Crippen LogP contribution < -0.4 is 10.1 Å². The van der Waals surface area contributed by atoms with Crippen molar-refractivity contribution in [1.29, 1.82) is 0 Å². The topological polar surface area (TPSA) is 64.4 Å². The quantitative estimate of drug-likeness (QED) is 0.669. The van der Waals surface area contributed by atoms with Crippen molar-refractivity contribution < 1.29 is 9.66 Å². The first-order valence-electron chi connectivity index (χ1n) is 6.26. The fraction of sp³-hybridized carbons (Fsp3) is 0.200. The van der Waals surface area contributed by atoms with Crippen molar-refractivity contribution in [2.45, 2.75) is 13.5 Å². The lowest BCUT2D eigenvalue weighted by atomic mass is 10.1. The highest BCUT2D eigenvalue weighted by molar-refractivity contribution is 5.42. The van der Waals surface area contributed by atoms with Crippen LogP contribution in [0.5, 0.6) is 11.5 Å². The summed E-state index contributed by atoms with van der Waals surface area (Å²) in [6, 6.07) is 11.9. The number of non-ortho nitro benzene ring substituents is 1. The molecule has 0 spiro atoms. The zero-order chi connectivity index (χ0) is 14.5. The fourth-order valence-corrected chi connectivity index (χ4v) is 1.92. The largest absolute Gasteiger partial charge is 0.457 e. The van der Waals surface area contributed by atoms with Gasteiger partial charge in [-0.1, -0.05) is 12.1 Å². The van der Waals surface area contributed by atoms with E-state index in [4.69, 9.17) is 4.74 Å². The van der Waals surface area contributed by atoms with Crippen LogP contribution in [0.4, 0.5) is 5.69 Å². The molecule has 104 valence electrons. The van der Waals surface area contributed by atoms with Crippen LogP contribution >= 0.6 is 0 Å². The first kappa shape index (κ1) is 14.0. The fourth-order valence-electron chi connectivity index (χ4n) is 1.92.